The van der Waals surface area contributed by atoms with Gasteiger partial charge in [0.15, 0.2) is 5.16 Å². The highest BCUT2D eigenvalue weighted by atomic mass is 79.9. The standard InChI is InChI=1S/C23H18BrClN4OS/c24-17-7-4-8-19(14-17)26-22(30)15-31-23-28-27-21(13-16-5-2-1-3-6-16)29(23)20-11-9-18(25)10-12-20/h1-12,14H,13,15H2,(H,26,30). The Hall–Kier alpha value is -2.61. The Labute approximate surface area is 198 Å². The minimum absolute atomic E-state index is 0.113. The van der Waals surface area contributed by atoms with E-state index in [4.69, 9.17) is 11.6 Å². The Morgan fingerprint density at radius 3 is 2.52 bits per heavy atom. The van der Waals surface area contributed by atoms with Gasteiger partial charge in [-0.3, -0.25) is 9.36 Å². The van der Waals surface area contributed by atoms with Gasteiger partial charge in [-0.05, 0) is 48.0 Å². The van der Waals surface area contributed by atoms with Gasteiger partial charge in [-0.1, -0.05) is 75.7 Å². The maximum Gasteiger partial charge on any atom is 0.234 e. The van der Waals surface area contributed by atoms with Crippen LogP contribution in [0, 0.1) is 0 Å². The summed E-state index contributed by atoms with van der Waals surface area (Å²) in [7, 11) is 0. The average molecular weight is 514 g/mol. The molecule has 0 unspecified atom stereocenters. The number of thioether (sulfide) groups is 1. The number of anilines is 1. The molecule has 0 atom stereocenters. The van der Waals surface area contributed by atoms with Gasteiger partial charge >= 0.3 is 0 Å². The van der Waals surface area contributed by atoms with E-state index in [1.165, 1.54) is 11.8 Å². The maximum absolute atomic E-state index is 12.5. The van der Waals surface area contributed by atoms with Crippen molar-refractivity contribution in [1.82, 2.24) is 14.8 Å². The molecule has 1 N–H and O–H groups in total. The molecule has 0 bridgehead atoms. The van der Waals surface area contributed by atoms with E-state index in [2.05, 4.69) is 43.6 Å². The molecular weight excluding hydrogens is 496 g/mol. The summed E-state index contributed by atoms with van der Waals surface area (Å²) >= 11 is 10.8. The highest BCUT2D eigenvalue weighted by Gasteiger charge is 2.16. The first-order valence-corrected chi connectivity index (χ1v) is 11.7. The molecule has 1 amide bonds. The molecular formula is C23H18BrClN4OS. The van der Waals surface area contributed by atoms with Crippen molar-refractivity contribution >= 4 is 50.9 Å². The Bertz CT molecular complexity index is 1180. The minimum Gasteiger partial charge on any atom is -0.325 e. The second kappa shape index (κ2) is 10.1. The molecule has 4 aromatic rings. The number of nitrogens with zero attached hydrogens (tertiary/aromatic N) is 3. The number of carbonyl (C=O) groups is 1. The summed E-state index contributed by atoms with van der Waals surface area (Å²) in [6, 6.07) is 25.1. The van der Waals surface area contributed by atoms with Crippen LogP contribution >= 0.6 is 39.3 Å². The van der Waals surface area contributed by atoms with Crippen LogP contribution in [0.5, 0.6) is 0 Å². The smallest absolute Gasteiger partial charge is 0.234 e. The Kier molecular flexibility index (Phi) is 7.06. The zero-order chi connectivity index (χ0) is 21.6. The van der Waals surface area contributed by atoms with Crippen LogP contribution in [0.1, 0.15) is 11.4 Å². The van der Waals surface area contributed by atoms with Crippen LogP contribution < -0.4 is 5.32 Å². The second-order valence-electron chi connectivity index (χ2n) is 6.72. The summed E-state index contributed by atoms with van der Waals surface area (Å²) in [6.07, 6.45) is 0.626. The normalized spacial score (nSPS) is 10.8. The zero-order valence-electron chi connectivity index (χ0n) is 16.3. The molecule has 0 radical (unpaired) electrons. The van der Waals surface area contributed by atoms with Crippen LogP contribution in [0.3, 0.4) is 0 Å². The van der Waals surface area contributed by atoms with Crippen LogP contribution in [0.4, 0.5) is 5.69 Å². The number of rotatable bonds is 7. The van der Waals surface area contributed by atoms with Crippen molar-refractivity contribution in [3.8, 4) is 5.69 Å². The van der Waals surface area contributed by atoms with Gasteiger partial charge in [-0.15, -0.1) is 10.2 Å². The molecule has 1 heterocycles. The molecule has 0 fully saturated rings. The number of nitrogens with one attached hydrogen (secondary N) is 1. The van der Waals surface area contributed by atoms with Crippen molar-refractivity contribution in [3.05, 3.63) is 99.7 Å². The van der Waals surface area contributed by atoms with Gasteiger partial charge in [0.05, 0.1) is 5.75 Å². The van der Waals surface area contributed by atoms with Gasteiger partial charge < -0.3 is 5.32 Å². The van der Waals surface area contributed by atoms with Crippen LogP contribution in [0.2, 0.25) is 5.02 Å². The molecule has 31 heavy (non-hydrogen) atoms. The molecule has 156 valence electrons. The molecule has 0 saturated carbocycles. The third-order valence-electron chi connectivity index (χ3n) is 4.43. The summed E-state index contributed by atoms with van der Waals surface area (Å²) in [5.41, 5.74) is 2.77. The number of aromatic nitrogens is 3. The molecule has 0 aliphatic rings. The summed E-state index contributed by atoms with van der Waals surface area (Å²) in [5, 5.41) is 13.0. The van der Waals surface area contributed by atoms with Crippen molar-refractivity contribution in [1.29, 1.82) is 0 Å². The second-order valence-corrected chi connectivity index (χ2v) is 9.01. The SMILES string of the molecule is O=C(CSc1nnc(Cc2ccccc2)n1-c1ccc(Cl)cc1)Nc1cccc(Br)c1. The first kappa shape index (κ1) is 21.6. The number of halogens is 2. The Morgan fingerprint density at radius 2 is 1.77 bits per heavy atom. The van der Waals surface area contributed by atoms with Crippen LogP contribution in [0.25, 0.3) is 5.69 Å². The predicted octanol–water partition coefficient (Wildman–Crippen LogP) is 6.00. The van der Waals surface area contributed by atoms with E-state index >= 15 is 0 Å². The largest absolute Gasteiger partial charge is 0.325 e. The van der Waals surface area contributed by atoms with Crippen molar-refractivity contribution in [2.75, 3.05) is 11.1 Å². The fourth-order valence-corrected chi connectivity index (χ4v) is 4.33. The number of amides is 1. The minimum atomic E-state index is -0.113. The van der Waals surface area contributed by atoms with Gasteiger partial charge in [0, 0.05) is 27.3 Å². The predicted molar refractivity (Wildman–Crippen MR) is 129 cm³/mol. The molecule has 0 saturated heterocycles. The van der Waals surface area contributed by atoms with Gasteiger partial charge in [-0.2, -0.15) is 0 Å². The van der Waals surface area contributed by atoms with Crippen LogP contribution in [0.15, 0.2) is 88.5 Å². The van der Waals surface area contributed by atoms with E-state index in [0.717, 1.165) is 27.2 Å². The number of hydrogen-bond acceptors (Lipinski definition) is 4. The fourth-order valence-electron chi connectivity index (χ4n) is 3.03. The number of hydrogen-bond donors (Lipinski definition) is 1. The zero-order valence-corrected chi connectivity index (χ0v) is 19.5. The van der Waals surface area contributed by atoms with Gasteiger partial charge in [0.1, 0.15) is 5.82 Å². The average Bonchev–Trinajstić information content (AvgIpc) is 3.16. The van der Waals surface area contributed by atoms with Crippen molar-refractivity contribution in [3.63, 3.8) is 0 Å². The molecule has 1 aromatic heterocycles. The van der Waals surface area contributed by atoms with Crippen molar-refractivity contribution < 1.29 is 4.79 Å². The third kappa shape index (κ3) is 5.76. The summed E-state index contributed by atoms with van der Waals surface area (Å²) in [6.45, 7) is 0. The van der Waals surface area contributed by atoms with Crippen LogP contribution in [-0.4, -0.2) is 26.4 Å². The van der Waals surface area contributed by atoms with E-state index in [9.17, 15) is 4.79 Å². The lowest BCUT2D eigenvalue weighted by molar-refractivity contribution is -0.113. The van der Waals surface area contributed by atoms with Crippen molar-refractivity contribution in [2.24, 2.45) is 0 Å². The van der Waals surface area contributed by atoms with Gasteiger partial charge in [0.25, 0.3) is 0 Å². The lowest BCUT2D eigenvalue weighted by Crippen LogP contribution is -2.14. The third-order valence-corrected chi connectivity index (χ3v) is 6.11. The molecule has 0 spiro atoms. The monoisotopic (exact) mass is 512 g/mol. The fraction of sp³-hybridized carbons (Fsp3) is 0.0870. The van der Waals surface area contributed by atoms with E-state index in [1.54, 1.807) is 0 Å². The quantitative estimate of drug-likeness (QED) is 0.308. The summed E-state index contributed by atoms with van der Waals surface area (Å²) in [5.74, 6) is 0.894. The Morgan fingerprint density at radius 1 is 1.00 bits per heavy atom. The molecule has 0 aliphatic carbocycles. The highest BCUT2D eigenvalue weighted by Crippen LogP contribution is 2.25. The highest BCUT2D eigenvalue weighted by molar-refractivity contribution is 9.10. The lowest BCUT2D eigenvalue weighted by atomic mass is 10.1. The molecule has 4 rings (SSSR count). The molecule has 0 aliphatic heterocycles. The first-order chi connectivity index (χ1) is 15.1. The van der Waals surface area contributed by atoms with E-state index in [1.807, 2.05) is 71.3 Å². The summed E-state index contributed by atoms with van der Waals surface area (Å²) in [4.78, 5) is 12.5. The topological polar surface area (TPSA) is 59.8 Å². The summed E-state index contributed by atoms with van der Waals surface area (Å²) < 4.78 is 2.88. The van der Waals surface area contributed by atoms with Crippen molar-refractivity contribution in [2.45, 2.75) is 11.6 Å². The Balaban J connectivity index is 1.55. The first-order valence-electron chi connectivity index (χ1n) is 9.51. The maximum atomic E-state index is 12.5. The number of benzene rings is 3. The van der Waals surface area contributed by atoms with Gasteiger partial charge in [0.2, 0.25) is 5.91 Å². The van der Waals surface area contributed by atoms with Gasteiger partial charge in [-0.25, -0.2) is 0 Å². The van der Waals surface area contributed by atoms with Crippen LogP contribution in [-0.2, 0) is 11.2 Å². The molecule has 3 aromatic carbocycles. The lowest BCUT2D eigenvalue weighted by Gasteiger charge is -2.11. The molecule has 5 nitrogen and oxygen atoms in total. The van der Waals surface area contributed by atoms with E-state index < -0.39 is 0 Å². The molecule has 8 heteroatoms. The number of carbonyl (C=O) groups excluding carboxylic acids is 1. The van der Waals surface area contributed by atoms with E-state index in [-0.39, 0.29) is 11.7 Å². The van der Waals surface area contributed by atoms with E-state index in [0.29, 0.717) is 16.6 Å².